The van der Waals surface area contributed by atoms with Gasteiger partial charge in [0.25, 0.3) is 10.0 Å². The fraction of sp³-hybridized carbons (Fsp3) is 0.458. The number of β-amino-alcohol motifs (C(OH)–C–C–N with tert-alkyl or cyclic N) is 1. The lowest BCUT2D eigenvalue weighted by atomic mass is 9.89. The maximum absolute atomic E-state index is 13.7. The summed E-state index contributed by atoms with van der Waals surface area (Å²) in [5.74, 6) is -0.998. The summed E-state index contributed by atoms with van der Waals surface area (Å²) in [6.45, 7) is 1.10. The third-order valence-electron chi connectivity index (χ3n) is 6.81. The van der Waals surface area contributed by atoms with Crippen molar-refractivity contribution in [3.8, 4) is 0 Å². The van der Waals surface area contributed by atoms with Gasteiger partial charge in [0.05, 0.1) is 22.7 Å². The fourth-order valence-electron chi connectivity index (χ4n) is 4.63. The molecule has 2 aromatic carbocycles. The van der Waals surface area contributed by atoms with Crippen LogP contribution in [-0.2, 0) is 26.8 Å². The molecular weight excluding hydrogens is 504 g/mol. The third kappa shape index (κ3) is 4.81. The minimum Gasteiger partial charge on any atom is -0.391 e. The zero-order valence-corrected chi connectivity index (χ0v) is 20.2. The average molecular weight is 531 g/mol. The second-order valence-electron chi connectivity index (χ2n) is 9.35. The predicted octanol–water partition coefficient (Wildman–Crippen LogP) is 3.09. The topological polar surface area (TPSA) is 98.1 Å². The van der Waals surface area contributed by atoms with Gasteiger partial charge in [0.1, 0.15) is 5.82 Å². The van der Waals surface area contributed by atoms with Gasteiger partial charge in [-0.25, -0.2) is 12.8 Å². The van der Waals surface area contributed by atoms with Crippen molar-refractivity contribution in [3.63, 3.8) is 0 Å². The number of benzene rings is 2. The van der Waals surface area contributed by atoms with E-state index in [1.54, 1.807) is 0 Å². The van der Waals surface area contributed by atoms with E-state index in [2.05, 4.69) is 0 Å². The van der Waals surface area contributed by atoms with Crippen molar-refractivity contribution in [1.29, 1.82) is 0 Å². The van der Waals surface area contributed by atoms with E-state index < -0.39 is 45.3 Å². The van der Waals surface area contributed by atoms with Crippen LogP contribution in [0.2, 0.25) is 0 Å². The van der Waals surface area contributed by atoms with E-state index >= 15 is 0 Å². The Bertz CT molecular complexity index is 1250. The maximum atomic E-state index is 13.7. The molecule has 2 aliphatic rings. The number of anilines is 1. The Morgan fingerprint density at radius 3 is 2.36 bits per heavy atom. The molecule has 1 amide bonds. The summed E-state index contributed by atoms with van der Waals surface area (Å²) in [5, 5.41) is 19.9. The molecule has 2 heterocycles. The highest BCUT2D eigenvalue weighted by Gasteiger charge is 2.51. The minimum atomic E-state index is -4.95. The number of hydrogen-bond donors (Lipinski definition) is 2. The summed E-state index contributed by atoms with van der Waals surface area (Å²) in [5.41, 5.74) is -3.23. The van der Waals surface area contributed by atoms with Crippen molar-refractivity contribution >= 4 is 21.6 Å². The number of amides is 1. The predicted molar refractivity (Wildman–Crippen MR) is 122 cm³/mol. The first kappa shape index (κ1) is 26.4. The summed E-state index contributed by atoms with van der Waals surface area (Å²) in [4.78, 5) is 14.1. The quantitative estimate of drug-likeness (QED) is 0.579. The van der Waals surface area contributed by atoms with Gasteiger partial charge in [-0.1, -0.05) is 12.1 Å². The SMILES string of the molecule is CC(O)(c1ccc2c(c1)CC[C@@H](CC(=O)N1CC[C@H](O)C1)N2S(=O)(=O)c1ccc(F)cc1)C(F)(F)F. The Hall–Kier alpha value is -2.70. The number of fused-ring (bicyclic) bond motifs is 1. The second-order valence-corrected chi connectivity index (χ2v) is 11.2. The van der Waals surface area contributed by atoms with Gasteiger partial charge in [0.15, 0.2) is 5.60 Å². The Morgan fingerprint density at radius 2 is 1.78 bits per heavy atom. The van der Waals surface area contributed by atoms with Gasteiger partial charge in [0.2, 0.25) is 5.91 Å². The fourth-order valence-corrected chi connectivity index (χ4v) is 6.35. The minimum absolute atomic E-state index is 0.0894. The summed E-state index contributed by atoms with van der Waals surface area (Å²) < 4.78 is 82.0. The molecule has 12 heteroatoms. The lowest BCUT2D eigenvalue weighted by Gasteiger charge is -2.39. The summed E-state index contributed by atoms with van der Waals surface area (Å²) in [6, 6.07) is 6.61. The molecule has 1 fully saturated rings. The monoisotopic (exact) mass is 530 g/mol. The highest BCUT2D eigenvalue weighted by atomic mass is 32.2. The molecular formula is C24H26F4N2O5S. The molecule has 0 spiro atoms. The van der Waals surface area contributed by atoms with E-state index in [-0.39, 0.29) is 47.9 Å². The average Bonchev–Trinajstić information content (AvgIpc) is 3.24. The Balaban J connectivity index is 1.76. The Labute approximate surface area is 206 Å². The van der Waals surface area contributed by atoms with Gasteiger partial charge in [-0.05, 0) is 67.6 Å². The summed E-state index contributed by atoms with van der Waals surface area (Å²) in [7, 11) is -4.34. The van der Waals surface area contributed by atoms with Crippen molar-refractivity contribution in [2.45, 2.75) is 61.4 Å². The first-order chi connectivity index (χ1) is 16.7. The molecule has 1 saturated heterocycles. The lowest BCUT2D eigenvalue weighted by molar-refractivity contribution is -0.258. The number of likely N-dealkylation sites (tertiary alicyclic amines) is 1. The van der Waals surface area contributed by atoms with E-state index in [9.17, 15) is 41.0 Å². The van der Waals surface area contributed by atoms with Crippen LogP contribution >= 0.6 is 0 Å². The van der Waals surface area contributed by atoms with Crippen LogP contribution in [0, 0.1) is 5.82 Å². The zero-order chi connectivity index (χ0) is 26.5. The molecule has 1 unspecified atom stereocenters. The number of carbonyl (C=O) groups excluding carboxylic acids is 1. The number of halogens is 4. The van der Waals surface area contributed by atoms with Gasteiger partial charge in [-0.2, -0.15) is 13.2 Å². The van der Waals surface area contributed by atoms with E-state index in [4.69, 9.17) is 0 Å². The maximum Gasteiger partial charge on any atom is 0.421 e. The smallest absolute Gasteiger partial charge is 0.391 e. The number of sulfonamides is 1. The number of nitrogens with zero attached hydrogens (tertiary/aromatic N) is 2. The molecule has 0 aromatic heterocycles. The molecule has 0 radical (unpaired) electrons. The number of hydrogen-bond acceptors (Lipinski definition) is 5. The molecule has 3 atom stereocenters. The lowest BCUT2D eigenvalue weighted by Crippen LogP contribution is -2.47. The first-order valence-corrected chi connectivity index (χ1v) is 12.8. The van der Waals surface area contributed by atoms with Crippen LogP contribution in [-0.4, -0.2) is 60.8 Å². The molecule has 4 rings (SSSR count). The first-order valence-electron chi connectivity index (χ1n) is 11.4. The number of aliphatic hydroxyl groups excluding tert-OH is 1. The number of alkyl halides is 3. The van der Waals surface area contributed by atoms with Crippen LogP contribution in [0.25, 0.3) is 0 Å². The number of aliphatic hydroxyl groups is 2. The van der Waals surface area contributed by atoms with Crippen molar-refractivity contribution in [1.82, 2.24) is 4.90 Å². The van der Waals surface area contributed by atoms with Gasteiger partial charge in [-0.3, -0.25) is 9.10 Å². The van der Waals surface area contributed by atoms with Crippen LogP contribution in [0.4, 0.5) is 23.2 Å². The number of aryl methyl sites for hydroxylation is 1. The summed E-state index contributed by atoms with van der Waals surface area (Å²) >= 11 is 0. The Morgan fingerprint density at radius 1 is 1.11 bits per heavy atom. The molecule has 2 aromatic rings. The number of rotatable bonds is 5. The van der Waals surface area contributed by atoms with Gasteiger partial charge >= 0.3 is 6.18 Å². The molecule has 7 nitrogen and oxygen atoms in total. The van der Waals surface area contributed by atoms with Crippen LogP contribution in [0.1, 0.15) is 37.3 Å². The third-order valence-corrected chi connectivity index (χ3v) is 8.69. The zero-order valence-electron chi connectivity index (χ0n) is 19.4. The van der Waals surface area contributed by atoms with Gasteiger partial charge < -0.3 is 15.1 Å². The molecule has 196 valence electrons. The van der Waals surface area contributed by atoms with Crippen molar-refractivity contribution in [3.05, 3.63) is 59.4 Å². The molecule has 36 heavy (non-hydrogen) atoms. The molecule has 0 bridgehead atoms. The van der Waals surface area contributed by atoms with Crippen LogP contribution in [0.15, 0.2) is 47.4 Å². The molecule has 0 aliphatic carbocycles. The van der Waals surface area contributed by atoms with Crippen molar-refractivity contribution < 1.29 is 41.0 Å². The normalized spacial score (nSPS) is 22.3. The van der Waals surface area contributed by atoms with Crippen LogP contribution in [0.5, 0.6) is 0 Å². The molecule has 2 N–H and O–H groups in total. The number of carbonyl (C=O) groups is 1. The van der Waals surface area contributed by atoms with Gasteiger partial charge in [0, 0.05) is 19.5 Å². The van der Waals surface area contributed by atoms with Crippen molar-refractivity contribution in [2.24, 2.45) is 0 Å². The highest BCUT2D eigenvalue weighted by Crippen LogP contribution is 2.43. The second kappa shape index (κ2) is 9.31. The van der Waals surface area contributed by atoms with E-state index in [1.165, 1.54) is 11.0 Å². The largest absolute Gasteiger partial charge is 0.421 e. The van der Waals surface area contributed by atoms with Crippen LogP contribution < -0.4 is 4.31 Å². The van der Waals surface area contributed by atoms with E-state index in [0.717, 1.165) is 40.7 Å². The van der Waals surface area contributed by atoms with Crippen molar-refractivity contribution in [2.75, 3.05) is 17.4 Å². The standard InChI is InChI=1S/C24H26F4N2O5S/c1-23(33,24(26,27)28)16-3-9-21-15(12-16)2-6-18(13-22(32)29-11-10-19(31)14-29)30(21)36(34,35)20-7-4-17(25)5-8-20/h3-5,7-9,12,18-19,31,33H,2,6,10-11,13-14H2,1H3/t18-,19-,23?/m0/s1. The highest BCUT2D eigenvalue weighted by molar-refractivity contribution is 7.92. The van der Waals surface area contributed by atoms with E-state index in [1.807, 2.05) is 0 Å². The molecule has 0 saturated carbocycles. The summed E-state index contributed by atoms with van der Waals surface area (Å²) in [6.07, 6.45) is -5.08. The van der Waals surface area contributed by atoms with E-state index in [0.29, 0.717) is 19.9 Å². The molecule has 2 aliphatic heterocycles. The Kier molecular flexibility index (Phi) is 6.82. The van der Waals surface area contributed by atoms with Crippen LogP contribution in [0.3, 0.4) is 0 Å². The van der Waals surface area contributed by atoms with Gasteiger partial charge in [-0.15, -0.1) is 0 Å².